The van der Waals surface area contributed by atoms with Crippen molar-refractivity contribution in [1.29, 1.82) is 0 Å². The number of amides is 1. The first-order valence-corrected chi connectivity index (χ1v) is 12.5. The number of rotatable bonds is 9. The Labute approximate surface area is 202 Å². The number of aryl methyl sites for hydroxylation is 1. The highest BCUT2D eigenvalue weighted by atomic mass is 32.2. The number of carbonyl (C=O) groups excluding carboxylic acids is 1. The van der Waals surface area contributed by atoms with Gasteiger partial charge in [0.1, 0.15) is 11.8 Å². The second-order valence-corrected chi connectivity index (χ2v) is 9.55. The molecule has 0 aliphatic heterocycles. The van der Waals surface area contributed by atoms with E-state index in [2.05, 4.69) is 10.0 Å². The van der Waals surface area contributed by atoms with Crippen molar-refractivity contribution < 1.29 is 22.4 Å². The topological polar surface area (TPSA) is 120 Å². The summed E-state index contributed by atoms with van der Waals surface area (Å²) in [6.07, 6.45) is 0.116. The summed E-state index contributed by atoms with van der Waals surface area (Å²) in [6, 6.07) is 19.0. The van der Waals surface area contributed by atoms with Crippen LogP contribution in [0.3, 0.4) is 0 Å². The van der Waals surface area contributed by atoms with Crippen LogP contribution in [0.5, 0.6) is 5.75 Å². The molecule has 4 aromatic rings. The zero-order chi connectivity index (χ0) is 25.0. The summed E-state index contributed by atoms with van der Waals surface area (Å²) in [5, 5.41) is 2.78. The van der Waals surface area contributed by atoms with E-state index in [4.69, 9.17) is 9.15 Å². The molecular formula is C25H25N3O6S. The fourth-order valence-corrected chi connectivity index (χ4v) is 4.86. The van der Waals surface area contributed by atoms with Gasteiger partial charge in [0.05, 0.1) is 22.7 Å². The van der Waals surface area contributed by atoms with Crippen LogP contribution in [0.15, 0.2) is 86.9 Å². The van der Waals surface area contributed by atoms with Gasteiger partial charge in [-0.2, -0.15) is 4.72 Å². The third-order valence-electron chi connectivity index (χ3n) is 5.42. The fourth-order valence-electron chi connectivity index (χ4n) is 3.65. The Morgan fingerprint density at radius 3 is 2.51 bits per heavy atom. The van der Waals surface area contributed by atoms with E-state index in [1.807, 2.05) is 37.3 Å². The number of carbonyl (C=O) groups is 1. The minimum Gasteiger partial charge on any atom is -0.492 e. The molecule has 1 aromatic heterocycles. The van der Waals surface area contributed by atoms with E-state index in [0.29, 0.717) is 23.6 Å². The van der Waals surface area contributed by atoms with Crippen molar-refractivity contribution in [3.05, 3.63) is 88.9 Å². The van der Waals surface area contributed by atoms with Gasteiger partial charge in [0.15, 0.2) is 5.58 Å². The zero-order valence-corrected chi connectivity index (χ0v) is 20.0. The monoisotopic (exact) mass is 495 g/mol. The van der Waals surface area contributed by atoms with Crippen molar-refractivity contribution in [3.8, 4) is 5.75 Å². The summed E-state index contributed by atoms with van der Waals surface area (Å²) in [6.45, 7) is 2.24. The lowest BCUT2D eigenvalue weighted by Crippen LogP contribution is -2.45. The number of fused-ring (bicyclic) bond motifs is 1. The quantitative estimate of drug-likeness (QED) is 0.368. The van der Waals surface area contributed by atoms with E-state index in [-0.39, 0.29) is 16.9 Å². The van der Waals surface area contributed by atoms with Crippen LogP contribution in [0, 0.1) is 0 Å². The number of para-hydroxylation sites is 2. The second-order valence-electron chi connectivity index (χ2n) is 7.84. The van der Waals surface area contributed by atoms with Crippen LogP contribution in [0.4, 0.5) is 5.69 Å². The number of ether oxygens (including phenoxy) is 1. The third kappa shape index (κ3) is 5.44. The summed E-state index contributed by atoms with van der Waals surface area (Å²) in [4.78, 5) is 24.9. The molecule has 0 saturated heterocycles. The third-order valence-corrected chi connectivity index (χ3v) is 6.88. The van der Waals surface area contributed by atoms with E-state index >= 15 is 0 Å². The van der Waals surface area contributed by atoms with Gasteiger partial charge in [-0.25, -0.2) is 13.2 Å². The van der Waals surface area contributed by atoms with E-state index < -0.39 is 27.7 Å². The average Bonchev–Trinajstić information content (AvgIpc) is 3.13. The van der Waals surface area contributed by atoms with Crippen molar-refractivity contribution in [1.82, 2.24) is 9.29 Å². The molecule has 0 fully saturated rings. The van der Waals surface area contributed by atoms with Crippen LogP contribution in [0.25, 0.3) is 11.1 Å². The largest absolute Gasteiger partial charge is 0.492 e. The number of oxazole rings is 1. The van der Waals surface area contributed by atoms with Gasteiger partial charge in [0.25, 0.3) is 0 Å². The molecule has 0 aliphatic carbocycles. The average molecular weight is 496 g/mol. The van der Waals surface area contributed by atoms with Gasteiger partial charge >= 0.3 is 5.76 Å². The van der Waals surface area contributed by atoms with Crippen molar-refractivity contribution >= 4 is 32.7 Å². The molecule has 4 rings (SSSR count). The normalized spacial score (nSPS) is 12.4. The first-order valence-electron chi connectivity index (χ1n) is 11.0. The van der Waals surface area contributed by atoms with E-state index in [1.54, 1.807) is 24.3 Å². The fraction of sp³-hybridized carbons (Fsp3) is 0.200. The Bertz CT molecular complexity index is 1510. The molecule has 1 amide bonds. The zero-order valence-electron chi connectivity index (χ0n) is 19.2. The lowest BCUT2D eigenvalue weighted by Gasteiger charge is -2.20. The van der Waals surface area contributed by atoms with Gasteiger partial charge in [0.2, 0.25) is 15.9 Å². The summed E-state index contributed by atoms with van der Waals surface area (Å²) in [7, 11) is -2.62. The highest BCUT2D eigenvalue weighted by Gasteiger charge is 2.27. The number of nitrogens with one attached hydrogen (secondary N) is 2. The van der Waals surface area contributed by atoms with Crippen molar-refractivity contribution in [2.24, 2.45) is 7.05 Å². The van der Waals surface area contributed by atoms with Crippen LogP contribution >= 0.6 is 0 Å². The van der Waals surface area contributed by atoms with Gasteiger partial charge in [-0.05, 0) is 43.2 Å². The maximum Gasteiger partial charge on any atom is 0.419 e. The number of hydrogen-bond acceptors (Lipinski definition) is 6. The van der Waals surface area contributed by atoms with Crippen molar-refractivity contribution in [3.63, 3.8) is 0 Å². The smallest absolute Gasteiger partial charge is 0.419 e. The number of sulfonamides is 1. The molecular weight excluding hydrogens is 470 g/mol. The number of nitrogens with zero attached hydrogens (tertiary/aromatic N) is 1. The van der Waals surface area contributed by atoms with Gasteiger partial charge in [0, 0.05) is 13.1 Å². The number of anilines is 1. The molecule has 1 atom stereocenters. The van der Waals surface area contributed by atoms with Gasteiger partial charge in [-0.1, -0.05) is 42.5 Å². The second kappa shape index (κ2) is 10.2. The molecule has 0 saturated carbocycles. The molecule has 9 nitrogen and oxygen atoms in total. The summed E-state index contributed by atoms with van der Waals surface area (Å²) in [5.41, 5.74) is 1.80. The lowest BCUT2D eigenvalue weighted by atomic mass is 10.1. The predicted octanol–water partition coefficient (Wildman–Crippen LogP) is 3.06. The van der Waals surface area contributed by atoms with Crippen molar-refractivity contribution in [2.45, 2.75) is 24.3 Å². The van der Waals surface area contributed by atoms with Crippen LogP contribution in [0.1, 0.15) is 12.5 Å². The molecule has 0 unspecified atom stereocenters. The molecule has 2 N–H and O–H groups in total. The summed E-state index contributed by atoms with van der Waals surface area (Å²) < 4.78 is 41.0. The van der Waals surface area contributed by atoms with Gasteiger partial charge in [-0.15, -0.1) is 0 Å². The molecule has 35 heavy (non-hydrogen) atoms. The molecule has 0 spiro atoms. The van der Waals surface area contributed by atoms with Gasteiger partial charge in [-0.3, -0.25) is 9.36 Å². The Kier molecular flexibility index (Phi) is 7.04. The van der Waals surface area contributed by atoms with Crippen LogP contribution < -0.4 is 20.5 Å². The molecule has 0 radical (unpaired) electrons. The molecule has 182 valence electrons. The Morgan fingerprint density at radius 1 is 1.06 bits per heavy atom. The number of aromatic nitrogens is 1. The predicted molar refractivity (Wildman–Crippen MR) is 132 cm³/mol. The summed E-state index contributed by atoms with van der Waals surface area (Å²) >= 11 is 0. The Morgan fingerprint density at radius 2 is 1.77 bits per heavy atom. The first-order chi connectivity index (χ1) is 16.8. The Hall–Kier alpha value is -3.89. The van der Waals surface area contributed by atoms with E-state index in [0.717, 1.165) is 5.56 Å². The molecule has 0 aliphatic rings. The SMILES string of the molecule is CCOc1ccccc1NC(=O)[C@@H](Cc1ccccc1)NS(=O)(=O)c1ccc2c(c1)oc(=O)n2C. The summed E-state index contributed by atoms with van der Waals surface area (Å²) in [5.74, 6) is -0.664. The number of benzene rings is 3. The van der Waals surface area contributed by atoms with Crippen molar-refractivity contribution in [2.75, 3.05) is 11.9 Å². The van der Waals surface area contributed by atoms with Crippen LogP contribution in [-0.2, 0) is 28.3 Å². The Balaban J connectivity index is 1.64. The maximum absolute atomic E-state index is 13.3. The standard InChI is InChI=1S/C25H25N3O6S/c1-3-33-22-12-8-7-11-19(22)26-24(29)20(15-17-9-5-4-6-10-17)27-35(31,32)18-13-14-21-23(16-18)34-25(30)28(21)2/h4-14,16,20,27H,3,15H2,1-2H3,(H,26,29)/t20-/m1/s1. The highest BCUT2D eigenvalue weighted by molar-refractivity contribution is 7.89. The minimum absolute atomic E-state index is 0.116. The molecule has 3 aromatic carbocycles. The minimum atomic E-state index is -4.15. The number of hydrogen-bond donors (Lipinski definition) is 2. The van der Waals surface area contributed by atoms with Gasteiger partial charge < -0.3 is 14.5 Å². The molecule has 10 heteroatoms. The van der Waals surface area contributed by atoms with Crippen LogP contribution in [0.2, 0.25) is 0 Å². The van der Waals surface area contributed by atoms with E-state index in [1.165, 1.54) is 29.8 Å². The molecule has 1 heterocycles. The maximum atomic E-state index is 13.3. The molecule has 0 bridgehead atoms. The van der Waals surface area contributed by atoms with E-state index in [9.17, 15) is 18.0 Å². The lowest BCUT2D eigenvalue weighted by molar-refractivity contribution is -0.117. The van der Waals surface area contributed by atoms with Crippen LogP contribution in [-0.4, -0.2) is 31.5 Å². The first kappa shape index (κ1) is 24.2. The highest BCUT2D eigenvalue weighted by Crippen LogP contribution is 2.24.